The summed E-state index contributed by atoms with van der Waals surface area (Å²) in [5.41, 5.74) is 2.92. The van der Waals surface area contributed by atoms with Gasteiger partial charge in [0.25, 0.3) is 0 Å². The lowest BCUT2D eigenvalue weighted by Crippen LogP contribution is -2.37. The third-order valence-electron chi connectivity index (χ3n) is 3.73. The Morgan fingerprint density at radius 1 is 1.38 bits per heavy atom. The van der Waals surface area contributed by atoms with Crippen LogP contribution in [0.15, 0.2) is 29.6 Å². The Bertz CT molecular complexity index is 615. The first-order valence-corrected chi connectivity index (χ1v) is 8.14. The van der Waals surface area contributed by atoms with Gasteiger partial charge in [-0.1, -0.05) is 12.1 Å². The number of nitrogens with zero attached hydrogens (tertiary/aromatic N) is 1. The van der Waals surface area contributed by atoms with E-state index in [9.17, 15) is 4.79 Å². The van der Waals surface area contributed by atoms with Gasteiger partial charge in [-0.15, -0.1) is 11.3 Å². The average Bonchev–Trinajstić information content (AvgIpc) is 2.95. The number of anilines is 1. The van der Waals surface area contributed by atoms with Crippen LogP contribution < -0.4 is 10.6 Å². The van der Waals surface area contributed by atoms with E-state index in [-0.39, 0.29) is 11.8 Å². The molecule has 1 aromatic carbocycles. The predicted octanol–water partition coefficient (Wildman–Crippen LogP) is 3.06. The monoisotopic (exact) mass is 301 g/mol. The van der Waals surface area contributed by atoms with Crippen LogP contribution in [0.4, 0.5) is 5.69 Å². The third-order valence-corrected chi connectivity index (χ3v) is 4.51. The minimum atomic E-state index is 0.0830. The third kappa shape index (κ3) is 3.49. The van der Waals surface area contributed by atoms with Crippen LogP contribution in [-0.2, 0) is 4.79 Å². The summed E-state index contributed by atoms with van der Waals surface area (Å²) >= 11 is 1.65. The summed E-state index contributed by atoms with van der Waals surface area (Å²) in [6.07, 6.45) is 2.04. The van der Waals surface area contributed by atoms with E-state index in [0.717, 1.165) is 47.9 Å². The summed E-state index contributed by atoms with van der Waals surface area (Å²) in [7, 11) is 0. The number of hydrogen-bond acceptors (Lipinski definition) is 4. The number of carbonyl (C=O) groups is 1. The molecule has 1 aliphatic rings. The fraction of sp³-hybridized carbons (Fsp3) is 0.375. The fourth-order valence-electron chi connectivity index (χ4n) is 2.54. The van der Waals surface area contributed by atoms with Crippen LogP contribution in [-0.4, -0.2) is 24.0 Å². The molecular weight excluding hydrogens is 282 g/mol. The van der Waals surface area contributed by atoms with Gasteiger partial charge < -0.3 is 10.6 Å². The van der Waals surface area contributed by atoms with Crippen molar-refractivity contribution in [2.24, 2.45) is 5.92 Å². The summed E-state index contributed by atoms with van der Waals surface area (Å²) in [5.74, 6) is 0.194. The molecule has 1 fully saturated rings. The number of rotatable bonds is 3. The van der Waals surface area contributed by atoms with E-state index >= 15 is 0 Å². The van der Waals surface area contributed by atoms with Crippen molar-refractivity contribution in [3.05, 3.63) is 34.7 Å². The van der Waals surface area contributed by atoms with Crippen molar-refractivity contribution in [3.8, 4) is 11.3 Å². The molecule has 1 amide bonds. The first kappa shape index (κ1) is 14.2. The second-order valence-electron chi connectivity index (χ2n) is 5.36. The quantitative estimate of drug-likeness (QED) is 0.916. The molecule has 2 N–H and O–H groups in total. The zero-order valence-electron chi connectivity index (χ0n) is 12.1. The van der Waals surface area contributed by atoms with Gasteiger partial charge in [0.05, 0.1) is 16.6 Å². The number of aromatic nitrogens is 1. The van der Waals surface area contributed by atoms with Crippen molar-refractivity contribution >= 4 is 22.9 Å². The molecule has 21 heavy (non-hydrogen) atoms. The number of piperidine rings is 1. The largest absolute Gasteiger partial charge is 0.326 e. The molecule has 4 nitrogen and oxygen atoms in total. The van der Waals surface area contributed by atoms with Gasteiger partial charge in [-0.3, -0.25) is 4.79 Å². The highest BCUT2D eigenvalue weighted by atomic mass is 32.1. The van der Waals surface area contributed by atoms with E-state index in [0.29, 0.717) is 0 Å². The van der Waals surface area contributed by atoms with Gasteiger partial charge in [-0.05, 0) is 38.4 Å². The first-order valence-electron chi connectivity index (χ1n) is 7.26. The van der Waals surface area contributed by atoms with Gasteiger partial charge in [0.1, 0.15) is 0 Å². The van der Waals surface area contributed by atoms with E-state index < -0.39 is 0 Å². The fourth-order valence-corrected chi connectivity index (χ4v) is 3.16. The zero-order valence-corrected chi connectivity index (χ0v) is 12.9. The van der Waals surface area contributed by atoms with Crippen molar-refractivity contribution in [2.75, 3.05) is 18.4 Å². The average molecular weight is 301 g/mol. The van der Waals surface area contributed by atoms with Crippen LogP contribution in [0.1, 0.15) is 17.8 Å². The second-order valence-corrected chi connectivity index (χ2v) is 6.42. The molecule has 0 bridgehead atoms. The van der Waals surface area contributed by atoms with E-state index in [1.54, 1.807) is 11.3 Å². The molecular formula is C16H19N3OS. The maximum atomic E-state index is 12.2. The Hall–Kier alpha value is -1.72. The normalized spacial score (nSPS) is 18.4. The second kappa shape index (κ2) is 6.37. The molecule has 5 heteroatoms. The van der Waals surface area contributed by atoms with Crippen LogP contribution >= 0.6 is 11.3 Å². The van der Waals surface area contributed by atoms with E-state index in [2.05, 4.69) is 21.0 Å². The topological polar surface area (TPSA) is 54.0 Å². The van der Waals surface area contributed by atoms with Crippen LogP contribution in [0, 0.1) is 12.8 Å². The molecule has 0 radical (unpaired) electrons. The van der Waals surface area contributed by atoms with Gasteiger partial charge >= 0.3 is 0 Å². The highest BCUT2D eigenvalue weighted by Gasteiger charge is 2.20. The molecule has 1 aromatic heterocycles. The predicted molar refractivity (Wildman–Crippen MR) is 86.5 cm³/mol. The molecule has 2 heterocycles. The molecule has 2 aromatic rings. The standard InChI is InChI=1S/C16H19N3OS/c1-11-18-15(10-21-11)12-4-6-14(7-5-12)19-16(20)13-3-2-8-17-9-13/h4-7,10,13,17H,2-3,8-9H2,1H3,(H,19,20)/t13-/m1/s1. The van der Waals surface area contributed by atoms with Crippen molar-refractivity contribution in [1.82, 2.24) is 10.3 Å². The number of benzene rings is 1. The number of aryl methyl sites for hydroxylation is 1. The van der Waals surface area contributed by atoms with Gasteiger partial charge in [0.2, 0.25) is 5.91 Å². The number of amides is 1. The first-order chi connectivity index (χ1) is 10.2. The molecule has 1 aliphatic heterocycles. The van der Waals surface area contributed by atoms with Crippen molar-refractivity contribution in [1.29, 1.82) is 0 Å². The van der Waals surface area contributed by atoms with Crippen LogP contribution in [0.3, 0.4) is 0 Å². The Morgan fingerprint density at radius 2 is 2.19 bits per heavy atom. The van der Waals surface area contributed by atoms with Gasteiger partial charge in [0.15, 0.2) is 0 Å². The van der Waals surface area contributed by atoms with Gasteiger partial charge in [-0.2, -0.15) is 0 Å². The molecule has 1 saturated heterocycles. The maximum absolute atomic E-state index is 12.2. The van der Waals surface area contributed by atoms with Crippen LogP contribution in [0.25, 0.3) is 11.3 Å². The Balaban J connectivity index is 1.65. The number of hydrogen-bond donors (Lipinski definition) is 2. The molecule has 1 atom stereocenters. The molecule has 0 spiro atoms. The smallest absolute Gasteiger partial charge is 0.228 e. The Kier molecular flexibility index (Phi) is 4.31. The van der Waals surface area contributed by atoms with Crippen LogP contribution in [0.5, 0.6) is 0 Å². The highest BCUT2D eigenvalue weighted by molar-refractivity contribution is 7.09. The molecule has 3 rings (SSSR count). The number of thiazole rings is 1. The number of carbonyl (C=O) groups excluding carboxylic acids is 1. The van der Waals surface area contributed by atoms with Crippen LogP contribution in [0.2, 0.25) is 0 Å². The lowest BCUT2D eigenvalue weighted by atomic mass is 9.99. The van der Waals surface area contributed by atoms with Crippen molar-refractivity contribution in [2.45, 2.75) is 19.8 Å². The van der Waals surface area contributed by atoms with Crippen molar-refractivity contribution in [3.63, 3.8) is 0 Å². The van der Waals surface area contributed by atoms with Gasteiger partial charge in [-0.25, -0.2) is 4.98 Å². The highest BCUT2D eigenvalue weighted by Crippen LogP contribution is 2.23. The van der Waals surface area contributed by atoms with E-state index in [4.69, 9.17) is 0 Å². The maximum Gasteiger partial charge on any atom is 0.228 e. The molecule has 0 aliphatic carbocycles. The Labute approximate surface area is 128 Å². The zero-order chi connectivity index (χ0) is 14.7. The number of nitrogens with one attached hydrogen (secondary N) is 2. The minimum absolute atomic E-state index is 0.0830. The summed E-state index contributed by atoms with van der Waals surface area (Å²) in [4.78, 5) is 16.6. The SMILES string of the molecule is Cc1nc(-c2ccc(NC(=O)[C@@H]3CCCNC3)cc2)cs1. The molecule has 110 valence electrons. The summed E-state index contributed by atoms with van der Waals surface area (Å²) in [5, 5.41) is 9.38. The summed E-state index contributed by atoms with van der Waals surface area (Å²) in [6.45, 7) is 3.80. The molecule has 0 saturated carbocycles. The van der Waals surface area contributed by atoms with E-state index in [1.165, 1.54) is 0 Å². The minimum Gasteiger partial charge on any atom is -0.326 e. The Morgan fingerprint density at radius 3 is 2.81 bits per heavy atom. The van der Waals surface area contributed by atoms with Gasteiger partial charge in [0, 0.05) is 23.2 Å². The lowest BCUT2D eigenvalue weighted by molar-refractivity contribution is -0.120. The summed E-state index contributed by atoms with van der Waals surface area (Å²) in [6, 6.07) is 7.89. The van der Waals surface area contributed by atoms with Crippen molar-refractivity contribution < 1.29 is 4.79 Å². The lowest BCUT2D eigenvalue weighted by Gasteiger charge is -2.21. The van der Waals surface area contributed by atoms with E-state index in [1.807, 2.05) is 31.2 Å². The summed E-state index contributed by atoms with van der Waals surface area (Å²) < 4.78 is 0. The molecule has 0 unspecified atom stereocenters.